The largest absolute Gasteiger partial charge is 0.280 e. The predicted octanol–water partition coefficient (Wildman–Crippen LogP) is 2.55. The van der Waals surface area contributed by atoms with E-state index in [-0.39, 0.29) is 21.0 Å². The highest BCUT2D eigenvalue weighted by atomic mass is 35.5. The van der Waals surface area contributed by atoms with Crippen molar-refractivity contribution in [2.24, 2.45) is 0 Å². The van der Waals surface area contributed by atoms with E-state index in [0.717, 1.165) is 10.9 Å². The van der Waals surface area contributed by atoms with Crippen LogP contribution in [0.1, 0.15) is 0 Å². The molecular weight excluding hydrogens is 342 g/mol. The van der Waals surface area contributed by atoms with Crippen LogP contribution in [-0.2, 0) is 10.0 Å². The Bertz CT molecular complexity index is 1130. The third-order valence-corrected chi connectivity index (χ3v) is 5.03. The maximum atomic E-state index is 12.6. The fraction of sp³-hybridized carbons (Fsp3) is 0. The number of fused-ring (bicyclic) bond motifs is 2. The van der Waals surface area contributed by atoms with Gasteiger partial charge in [-0.15, -0.1) is 0 Å². The molecule has 2 N–H and O–H groups in total. The molecule has 2 heterocycles. The lowest BCUT2D eigenvalue weighted by Gasteiger charge is -2.08. The number of aromatic nitrogens is 4. The van der Waals surface area contributed by atoms with Crippen molar-refractivity contribution in [2.45, 2.75) is 4.90 Å². The minimum atomic E-state index is -3.88. The maximum absolute atomic E-state index is 12.6. The summed E-state index contributed by atoms with van der Waals surface area (Å²) in [5, 5.41) is 15.0. The smallest absolute Gasteiger partial charge is 0.264 e. The molecule has 0 aliphatic heterocycles. The van der Waals surface area contributed by atoms with Crippen LogP contribution in [0.15, 0.2) is 46.1 Å². The van der Waals surface area contributed by atoms with Crippen LogP contribution in [0.2, 0.25) is 5.02 Å². The Labute approximate surface area is 134 Å². The number of hydrogen-bond acceptors (Lipinski definition) is 6. The molecule has 4 aromatic rings. The molecule has 0 unspecified atom stereocenters. The van der Waals surface area contributed by atoms with Gasteiger partial charge in [-0.25, -0.2) is 13.0 Å². The standard InChI is InChI=1S/C13H8ClN5O3S/c14-9-2-4-11(13-12(9)17-22-18-13)23(20,21)19-8-1-3-10-7(5-8)6-15-16-10/h1-6,19H,(H,15,16). The number of H-pyrrole nitrogens is 1. The summed E-state index contributed by atoms with van der Waals surface area (Å²) in [6.07, 6.45) is 1.61. The van der Waals surface area contributed by atoms with Gasteiger partial charge in [0.2, 0.25) is 0 Å². The number of benzene rings is 2. The lowest BCUT2D eigenvalue weighted by molar-refractivity contribution is 0.315. The van der Waals surface area contributed by atoms with Gasteiger partial charge in [0.1, 0.15) is 4.90 Å². The van der Waals surface area contributed by atoms with Gasteiger partial charge >= 0.3 is 0 Å². The minimum absolute atomic E-state index is 0.0644. The monoisotopic (exact) mass is 349 g/mol. The van der Waals surface area contributed by atoms with Gasteiger partial charge in [-0.3, -0.25) is 9.82 Å². The number of anilines is 1. The molecule has 116 valence electrons. The van der Waals surface area contributed by atoms with Crippen LogP contribution in [0.25, 0.3) is 21.9 Å². The highest BCUT2D eigenvalue weighted by Crippen LogP contribution is 2.28. The molecule has 0 bridgehead atoms. The van der Waals surface area contributed by atoms with E-state index in [1.807, 2.05) is 0 Å². The minimum Gasteiger partial charge on any atom is -0.280 e. The molecule has 0 fully saturated rings. The van der Waals surface area contributed by atoms with Crippen molar-refractivity contribution in [3.8, 4) is 0 Å². The molecule has 8 nitrogen and oxygen atoms in total. The molecule has 2 aromatic carbocycles. The number of nitrogens with one attached hydrogen (secondary N) is 2. The Morgan fingerprint density at radius 3 is 2.83 bits per heavy atom. The maximum Gasteiger partial charge on any atom is 0.264 e. The summed E-state index contributed by atoms with van der Waals surface area (Å²) in [6, 6.07) is 7.82. The summed E-state index contributed by atoms with van der Waals surface area (Å²) in [5.74, 6) is 0. The normalized spacial score (nSPS) is 12.0. The molecular formula is C13H8ClN5O3S. The molecule has 23 heavy (non-hydrogen) atoms. The van der Waals surface area contributed by atoms with Crippen LogP contribution in [0, 0.1) is 0 Å². The van der Waals surface area contributed by atoms with Crippen molar-refractivity contribution in [1.82, 2.24) is 20.5 Å². The second-order valence-corrected chi connectivity index (χ2v) is 6.84. The molecule has 0 saturated carbocycles. The van der Waals surface area contributed by atoms with Gasteiger partial charge in [0.15, 0.2) is 11.0 Å². The van der Waals surface area contributed by atoms with Gasteiger partial charge in [0.05, 0.1) is 16.7 Å². The van der Waals surface area contributed by atoms with Crippen LogP contribution in [0.5, 0.6) is 0 Å². The SMILES string of the molecule is O=S(=O)(Nc1ccc2[nH]ncc2c1)c1ccc(Cl)c2nonc12. The topological polar surface area (TPSA) is 114 Å². The van der Waals surface area contributed by atoms with E-state index in [0.29, 0.717) is 5.69 Å². The Balaban J connectivity index is 1.79. The third kappa shape index (κ3) is 2.30. The average molecular weight is 350 g/mol. The number of aromatic amines is 1. The Morgan fingerprint density at radius 1 is 1.13 bits per heavy atom. The molecule has 10 heteroatoms. The van der Waals surface area contributed by atoms with Gasteiger partial charge in [-0.2, -0.15) is 5.10 Å². The van der Waals surface area contributed by atoms with Gasteiger partial charge in [0.25, 0.3) is 10.0 Å². The quantitative estimate of drug-likeness (QED) is 0.587. The molecule has 0 aliphatic carbocycles. The average Bonchev–Trinajstić information content (AvgIpc) is 3.15. The zero-order valence-corrected chi connectivity index (χ0v) is 12.9. The van der Waals surface area contributed by atoms with Crippen molar-refractivity contribution in [3.63, 3.8) is 0 Å². The molecule has 0 amide bonds. The second-order valence-electron chi connectivity index (χ2n) is 4.78. The summed E-state index contributed by atoms with van der Waals surface area (Å²) < 4.78 is 32.3. The lowest BCUT2D eigenvalue weighted by atomic mass is 10.2. The first-order valence-electron chi connectivity index (χ1n) is 6.41. The van der Waals surface area contributed by atoms with Gasteiger partial charge in [0, 0.05) is 11.1 Å². The molecule has 2 aromatic heterocycles. The molecule has 0 aliphatic rings. The Kier molecular flexibility index (Phi) is 3.00. The Morgan fingerprint density at radius 2 is 1.96 bits per heavy atom. The molecule has 4 rings (SSSR count). The highest BCUT2D eigenvalue weighted by Gasteiger charge is 2.22. The van der Waals surface area contributed by atoms with Gasteiger partial charge in [-0.05, 0) is 40.6 Å². The molecule has 0 spiro atoms. The first-order valence-corrected chi connectivity index (χ1v) is 8.27. The predicted molar refractivity (Wildman–Crippen MR) is 83.7 cm³/mol. The van der Waals surface area contributed by atoms with Crippen molar-refractivity contribution in [1.29, 1.82) is 0 Å². The van der Waals surface area contributed by atoms with E-state index in [2.05, 4.69) is 29.9 Å². The summed E-state index contributed by atoms with van der Waals surface area (Å²) in [4.78, 5) is -0.0644. The zero-order chi connectivity index (χ0) is 16.0. The fourth-order valence-electron chi connectivity index (χ4n) is 2.25. The number of nitrogens with zero attached hydrogens (tertiary/aromatic N) is 3. The van der Waals surface area contributed by atoms with E-state index >= 15 is 0 Å². The van der Waals surface area contributed by atoms with Crippen LogP contribution in [0.4, 0.5) is 5.69 Å². The summed E-state index contributed by atoms with van der Waals surface area (Å²) in [5.41, 5.74) is 1.48. The number of halogens is 1. The molecule has 0 saturated heterocycles. The van der Waals surface area contributed by atoms with Crippen molar-refractivity contribution >= 4 is 49.2 Å². The number of rotatable bonds is 3. The Hall–Kier alpha value is -2.65. The molecule has 0 atom stereocenters. The van der Waals surface area contributed by atoms with E-state index in [1.54, 1.807) is 24.4 Å². The van der Waals surface area contributed by atoms with Crippen LogP contribution in [0.3, 0.4) is 0 Å². The number of sulfonamides is 1. The lowest BCUT2D eigenvalue weighted by Crippen LogP contribution is -2.13. The van der Waals surface area contributed by atoms with E-state index in [4.69, 9.17) is 11.6 Å². The zero-order valence-electron chi connectivity index (χ0n) is 11.3. The first-order chi connectivity index (χ1) is 11.0. The van der Waals surface area contributed by atoms with Crippen LogP contribution < -0.4 is 4.72 Å². The molecule has 0 radical (unpaired) electrons. The third-order valence-electron chi connectivity index (χ3n) is 3.31. The van der Waals surface area contributed by atoms with Crippen molar-refractivity contribution in [3.05, 3.63) is 41.6 Å². The second kappa shape index (κ2) is 4.93. The van der Waals surface area contributed by atoms with E-state index in [9.17, 15) is 8.42 Å². The van der Waals surface area contributed by atoms with Crippen molar-refractivity contribution in [2.75, 3.05) is 4.72 Å². The summed E-state index contributed by atoms with van der Waals surface area (Å²) in [6.45, 7) is 0. The highest BCUT2D eigenvalue weighted by molar-refractivity contribution is 7.93. The van der Waals surface area contributed by atoms with Crippen molar-refractivity contribution < 1.29 is 13.0 Å². The summed E-state index contributed by atoms with van der Waals surface area (Å²) >= 11 is 5.95. The van der Waals surface area contributed by atoms with Crippen LogP contribution in [-0.4, -0.2) is 28.9 Å². The van der Waals surface area contributed by atoms with E-state index in [1.165, 1.54) is 12.1 Å². The summed E-state index contributed by atoms with van der Waals surface area (Å²) in [7, 11) is -3.88. The van der Waals surface area contributed by atoms with Gasteiger partial charge < -0.3 is 0 Å². The van der Waals surface area contributed by atoms with E-state index < -0.39 is 10.0 Å². The van der Waals surface area contributed by atoms with Gasteiger partial charge in [-0.1, -0.05) is 11.6 Å². The number of hydrogen-bond donors (Lipinski definition) is 2. The fourth-order valence-corrected chi connectivity index (χ4v) is 3.62. The van der Waals surface area contributed by atoms with Crippen LogP contribution >= 0.6 is 11.6 Å². The first kappa shape index (κ1) is 14.0.